The monoisotopic (exact) mass is 435 g/mol. The number of hydrogen-bond donors (Lipinski definition) is 3. The summed E-state index contributed by atoms with van der Waals surface area (Å²) < 4.78 is 5.20. The Labute approximate surface area is 185 Å². The van der Waals surface area contributed by atoms with E-state index in [1.165, 1.54) is 17.0 Å². The molecule has 174 valence electrons. The third-order valence-corrected chi connectivity index (χ3v) is 4.32. The van der Waals surface area contributed by atoms with Crippen molar-refractivity contribution in [3.63, 3.8) is 0 Å². The highest BCUT2D eigenvalue weighted by molar-refractivity contribution is 5.91. The van der Waals surface area contributed by atoms with E-state index in [1.54, 1.807) is 32.9 Å². The molecule has 1 unspecified atom stereocenters. The van der Waals surface area contributed by atoms with E-state index < -0.39 is 29.2 Å². The van der Waals surface area contributed by atoms with E-state index in [2.05, 4.69) is 10.6 Å². The number of hydrogen-bond acceptors (Lipinski definition) is 5. The van der Waals surface area contributed by atoms with E-state index in [0.29, 0.717) is 12.1 Å². The van der Waals surface area contributed by atoms with Gasteiger partial charge in [-0.1, -0.05) is 25.5 Å². The van der Waals surface area contributed by atoms with Gasteiger partial charge in [0, 0.05) is 12.1 Å². The molecule has 8 nitrogen and oxygen atoms in total. The molecule has 0 aliphatic carbocycles. The van der Waals surface area contributed by atoms with Crippen LogP contribution in [-0.2, 0) is 14.3 Å². The number of amides is 3. The Balaban J connectivity index is 3.19. The number of carbonyl (C=O) groups is 3. The second kappa shape index (κ2) is 11.0. The minimum atomic E-state index is -0.926. The highest BCUT2D eigenvalue weighted by Crippen LogP contribution is 2.30. The molecule has 31 heavy (non-hydrogen) atoms. The summed E-state index contributed by atoms with van der Waals surface area (Å²) in [6, 6.07) is 5.27. The number of nitrogens with zero attached hydrogens (tertiary/aromatic N) is 1. The molecule has 8 heteroatoms. The quantitative estimate of drug-likeness (QED) is 0.542. The van der Waals surface area contributed by atoms with Gasteiger partial charge in [-0.3, -0.25) is 9.59 Å². The first kappa shape index (κ1) is 26.3. The van der Waals surface area contributed by atoms with Crippen molar-refractivity contribution in [3.05, 3.63) is 29.8 Å². The van der Waals surface area contributed by atoms with Crippen molar-refractivity contribution in [2.24, 2.45) is 0 Å². The summed E-state index contributed by atoms with van der Waals surface area (Å²) >= 11 is 0. The van der Waals surface area contributed by atoms with Gasteiger partial charge >= 0.3 is 6.09 Å². The molecule has 0 spiro atoms. The Hall–Kier alpha value is -2.77. The predicted octanol–water partition coefficient (Wildman–Crippen LogP) is 3.50. The van der Waals surface area contributed by atoms with Crippen LogP contribution in [0.25, 0.3) is 0 Å². The summed E-state index contributed by atoms with van der Waals surface area (Å²) in [5.41, 5.74) is -0.852. The van der Waals surface area contributed by atoms with Gasteiger partial charge in [-0.25, -0.2) is 4.79 Å². The molecule has 3 N–H and O–H groups in total. The van der Waals surface area contributed by atoms with Crippen molar-refractivity contribution < 1.29 is 24.2 Å². The molecule has 0 aliphatic rings. The van der Waals surface area contributed by atoms with Gasteiger partial charge in [0.1, 0.15) is 23.9 Å². The number of phenolic OH excluding ortho intramolecular Hbond substituents is 1. The molecule has 1 rings (SSSR count). The summed E-state index contributed by atoms with van der Waals surface area (Å²) in [5, 5.41) is 15.0. The van der Waals surface area contributed by atoms with Crippen LogP contribution in [0.15, 0.2) is 24.3 Å². The zero-order valence-electron chi connectivity index (χ0n) is 19.7. The number of carbonyl (C=O) groups excluding carboxylic acids is 3. The van der Waals surface area contributed by atoms with Gasteiger partial charge in [-0.05, 0) is 65.7 Å². The lowest BCUT2D eigenvalue weighted by atomic mass is 9.96. The van der Waals surface area contributed by atoms with Gasteiger partial charge in [-0.15, -0.1) is 0 Å². The fourth-order valence-corrected chi connectivity index (χ4v) is 3.01. The first-order chi connectivity index (χ1) is 14.3. The maximum absolute atomic E-state index is 13.2. The topological polar surface area (TPSA) is 108 Å². The molecule has 0 heterocycles. The van der Waals surface area contributed by atoms with Crippen molar-refractivity contribution in [3.8, 4) is 5.75 Å². The average Bonchev–Trinajstić information content (AvgIpc) is 2.62. The number of rotatable bonds is 8. The lowest BCUT2D eigenvalue weighted by molar-refractivity contribution is -0.145. The molecule has 0 aromatic heterocycles. The zero-order chi connectivity index (χ0) is 23.8. The summed E-state index contributed by atoms with van der Waals surface area (Å²) in [7, 11) is 0. The first-order valence-electron chi connectivity index (χ1n) is 10.6. The van der Waals surface area contributed by atoms with Gasteiger partial charge in [0.15, 0.2) is 0 Å². The third kappa shape index (κ3) is 8.86. The van der Waals surface area contributed by atoms with Crippen molar-refractivity contribution in [1.82, 2.24) is 15.5 Å². The van der Waals surface area contributed by atoms with E-state index in [4.69, 9.17) is 4.74 Å². The maximum Gasteiger partial charge on any atom is 0.408 e. The number of phenols is 1. The van der Waals surface area contributed by atoms with Crippen LogP contribution < -0.4 is 10.6 Å². The molecule has 3 amide bonds. The lowest BCUT2D eigenvalue weighted by Gasteiger charge is -2.41. The van der Waals surface area contributed by atoms with Crippen molar-refractivity contribution in [1.29, 1.82) is 0 Å². The van der Waals surface area contributed by atoms with Crippen LogP contribution in [0, 0.1) is 0 Å². The second-order valence-corrected chi connectivity index (χ2v) is 9.43. The summed E-state index contributed by atoms with van der Waals surface area (Å²) in [6.07, 6.45) is 1.03. The Kier molecular flexibility index (Phi) is 9.34. The fourth-order valence-electron chi connectivity index (χ4n) is 3.01. The van der Waals surface area contributed by atoms with E-state index in [1.807, 2.05) is 27.7 Å². The maximum atomic E-state index is 13.2. The molecule has 0 saturated carbocycles. The van der Waals surface area contributed by atoms with Crippen LogP contribution in [0.2, 0.25) is 0 Å². The smallest absolute Gasteiger partial charge is 0.408 e. The predicted molar refractivity (Wildman–Crippen MR) is 120 cm³/mol. The van der Waals surface area contributed by atoms with E-state index in [0.717, 1.165) is 12.8 Å². The van der Waals surface area contributed by atoms with Gasteiger partial charge in [0.2, 0.25) is 11.8 Å². The van der Waals surface area contributed by atoms with Crippen molar-refractivity contribution in [2.45, 2.75) is 78.5 Å². The SMILES string of the molecule is CCCCNC(=O)C(c1ccc(O)cc1)N(C(=O)CNC(=O)OC(C)(C)C)C(C)(C)C. The Bertz CT molecular complexity index is 748. The van der Waals surface area contributed by atoms with Crippen LogP contribution in [0.3, 0.4) is 0 Å². The van der Waals surface area contributed by atoms with Crippen LogP contribution in [0.4, 0.5) is 4.79 Å². The summed E-state index contributed by atoms with van der Waals surface area (Å²) in [4.78, 5) is 39.8. The molecule has 0 saturated heterocycles. The highest BCUT2D eigenvalue weighted by atomic mass is 16.6. The van der Waals surface area contributed by atoms with Crippen LogP contribution >= 0.6 is 0 Å². The zero-order valence-corrected chi connectivity index (χ0v) is 19.7. The number of benzene rings is 1. The number of nitrogens with one attached hydrogen (secondary N) is 2. The molecule has 1 aromatic carbocycles. The van der Waals surface area contributed by atoms with Crippen LogP contribution in [0.1, 0.15) is 72.9 Å². The van der Waals surface area contributed by atoms with Gasteiger partial charge < -0.3 is 25.4 Å². The fraction of sp³-hybridized carbons (Fsp3) is 0.609. The standard InChI is InChI=1S/C23H37N3O5/c1-8-9-14-24-20(29)19(16-10-12-17(27)13-11-16)26(22(2,3)4)18(28)15-25-21(30)31-23(5,6)7/h10-13,19,27H,8-9,14-15H2,1-7H3,(H,24,29)(H,25,30). The Morgan fingerprint density at radius 2 is 1.61 bits per heavy atom. The van der Waals surface area contributed by atoms with Gasteiger partial charge in [0.25, 0.3) is 0 Å². The molecular weight excluding hydrogens is 398 g/mol. The van der Waals surface area contributed by atoms with E-state index >= 15 is 0 Å². The largest absolute Gasteiger partial charge is 0.508 e. The van der Waals surface area contributed by atoms with Crippen LogP contribution in [0.5, 0.6) is 5.75 Å². The molecular formula is C23H37N3O5. The first-order valence-corrected chi connectivity index (χ1v) is 10.6. The second-order valence-electron chi connectivity index (χ2n) is 9.43. The van der Waals surface area contributed by atoms with Gasteiger partial charge in [0.05, 0.1) is 0 Å². The molecule has 0 aliphatic heterocycles. The Morgan fingerprint density at radius 1 is 1.03 bits per heavy atom. The van der Waals surface area contributed by atoms with Crippen molar-refractivity contribution >= 4 is 17.9 Å². The molecule has 0 radical (unpaired) electrons. The number of ether oxygens (including phenoxy) is 1. The molecule has 0 fully saturated rings. The molecule has 0 bridgehead atoms. The number of unbranched alkanes of at least 4 members (excludes halogenated alkanes) is 1. The van der Waals surface area contributed by atoms with Crippen molar-refractivity contribution in [2.75, 3.05) is 13.1 Å². The van der Waals surface area contributed by atoms with E-state index in [-0.39, 0.29) is 18.2 Å². The van der Waals surface area contributed by atoms with Gasteiger partial charge in [-0.2, -0.15) is 0 Å². The third-order valence-electron chi connectivity index (χ3n) is 4.32. The Morgan fingerprint density at radius 3 is 2.10 bits per heavy atom. The number of alkyl carbamates (subject to hydrolysis) is 1. The van der Waals surface area contributed by atoms with Crippen LogP contribution in [-0.4, -0.2) is 52.1 Å². The summed E-state index contributed by atoms with van der Waals surface area (Å²) in [5.74, 6) is -0.684. The highest BCUT2D eigenvalue weighted by Gasteiger charge is 2.38. The lowest BCUT2D eigenvalue weighted by Crippen LogP contribution is -2.55. The summed E-state index contributed by atoms with van der Waals surface area (Å²) in [6.45, 7) is 12.9. The average molecular weight is 436 g/mol. The minimum Gasteiger partial charge on any atom is -0.508 e. The number of aromatic hydroxyl groups is 1. The van der Waals surface area contributed by atoms with E-state index in [9.17, 15) is 19.5 Å². The molecule has 1 aromatic rings. The molecule has 1 atom stereocenters. The minimum absolute atomic E-state index is 0.0640. The normalized spacial score (nSPS) is 12.6.